The zero-order valence-corrected chi connectivity index (χ0v) is 17.2. The minimum Gasteiger partial charge on any atom is -0.383 e. The second-order valence-corrected chi connectivity index (χ2v) is 8.50. The predicted octanol–water partition coefficient (Wildman–Crippen LogP) is 3.52. The second-order valence-electron chi connectivity index (χ2n) is 7.62. The van der Waals surface area contributed by atoms with E-state index in [1.165, 1.54) is 6.20 Å². The van der Waals surface area contributed by atoms with E-state index in [1.54, 1.807) is 29.2 Å². The fourth-order valence-electron chi connectivity index (χ4n) is 3.77. The molecule has 150 valence electrons. The number of nitrogens with one attached hydrogen (secondary N) is 1. The first-order valence-corrected chi connectivity index (χ1v) is 10.5. The van der Waals surface area contributed by atoms with Gasteiger partial charge < -0.3 is 16.0 Å². The summed E-state index contributed by atoms with van der Waals surface area (Å²) in [6.07, 6.45) is 3.30. The molecule has 2 aromatic heterocycles. The number of nitrogen functional groups attached to an aromatic ring is 1. The third-order valence-corrected chi connectivity index (χ3v) is 6.18. The number of nitrogens with zero attached hydrogens (tertiary/aromatic N) is 3. The molecule has 1 saturated heterocycles. The summed E-state index contributed by atoms with van der Waals surface area (Å²) in [5.41, 5.74) is 10.7. The van der Waals surface area contributed by atoms with Crippen molar-refractivity contribution < 1.29 is 9.59 Å². The lowest BCUT2D eigenvalue weighted by molar-refractivity contribution is -0.146. The Balaban J connectivity index is 1.57. The highest BCUT2D eigenvalue weighted by Gasteiger charge is 2.34. The smallest absolute Gasteiger partial charge is 0.313 e. The Kier molecular flexibility index (Phi) is 5.19. The van der Waals surface area contributed by atoms with Gasteiger partial charge in [-0.05, 0) is 55.0 Å². The largest absolute Gasteiger partial charge is 0.383 e. The van der Waals surface area contributed by atoms with Crippen molar-refractivity contribution in [2.45, 2.75) is 32.7 Å². The number of hydrogen-bond acceptors (Lipinski definition) is 6. The number of piperidine rings is 1. The first-order valence-electron chi connectivity index (χ1n) is 9.59. The standard InChI is InChI=1S/C21H23N5O2S/c1-12-3-6-17(14-4-5-16-18(8-14)29-11-24-16)26(10-12)21(28)20(27)25-15-7-13(2)19(22)23-9-15/h4-5,7-9,11-12,17H,3,6,10H2,1-2H3,(H2,22,23)(H,25,27)/t12-,17+/m1/s1. The van der Waals surface area contributed by atoms with Crippen molar-refractivity contribution in [3.05, 3.63) is 47.1 Å². The van der Waals surface area contributed by atoms with Crippen LogP contribution in [0.25, 0.3) is 10.2 Å². The maximum Gasteiger partial charge on any atom is 0.313 e. The van der Waals surface area contributed by atoms with Crippen LogP contribution in [0.5, 0.6) is 0 Å². The van der Waals surface area contributed by atoms with Crippen LogP contribution in [-0.2, 0) is 9.59 Å². The van der Waals surface area contributed by atoms with Crippen molar-refractivity contribution in [1.82, 2.24) is 14.9 Å². The van der Waals surface area contributed by atoms with E-state index in [4.69, 9.17) is 5.73 Å². The number of nitrogens with two attached hydrogens (primary N) is 1. The van der Waals surface area contributed by atoms with E-state index in [9.17, 15) is 9.59 Å². The van der Waals surface area contributed by atoms with Crippen molar-refractivity contribution >= 4 is 44.9 Å². The number of thiazole rings is 1. The van der Waals surface area contributed by atoms with Crippen molar-refractivity contribution in [1.29, 1.82) is 0 Å². The summed E-state index contributed by atoms with van der Waals surface area (Å²) in [7, 11) is 0. The number of carbonyl (C=O) groups is 2. The normalized spacial score (nSPS) is 19.3. The molecule has 1 aliphatic rings. The van der Waals surface area contributed by atoms with Crippen LogP contribution in [0.15, 0.2) is 36.0 Å². The molecule has 2 atom stereocenters. The molecule has 0 saturated carbocycles. The van der Waals surface area contributed by atoms with E-state index in [2.05, 4.69) is 28.3 Å². The molecule has 3 N–H and O–H groups in total. The summed E-state index contributed by atoms with van der Waals surface area (Å²) in [6.45, 7) is 4.46. The Morgan fingerprint density at radius 1 is 1.24 bits per heavy atom. The number of aromatic nitrogens is 2. The highest BCUT2D eigenvalue weighted by Crippen LogP contribution is 2.35. The number of anilines is 2. The van der Waals surface area contributed by atoms with Gasteiger partial charge in [-0.3, -0.25) is 9.59 Å². The van der Waals surface area contributed by atoms with Crippen LogP contribution in [0, 0.1) is 12.8 Å². The molecule has 1 aromatic carbocycles. The molecule has 1 fully saturated rings. The van der Waals surface area contributed by atoms with Gasteiger partial charge in [0.15, 0.2) is 0 Å². The van der Waals surface area contributed by atoms with Gasteiger partial charge in [0.2, 0.25) is 0 Å². The lowest BCUT2D eigenvalue weighted by Crippen LogP contribution is -2.46. The SMILES string of the molecule is Cc1cc(NC(=O)C(=O)N2C[C@H](C)CC[C@H]2c2ccc3ncsc3c2)cnc1N. The molecule has 0 aliphatic carbocycles. The minimum absolute atomic E-state index is 0.123. The van der Waals surface area contributed by atoms with Crippen LogP contribution in [-0.4, -0.2) is 33.2 Å². The summed E-state index contributed by atoms with van der Waals surface area (Å²) < 4.78 is 1.08. The predicted molar refractivity (Wildman–Crippen MR) is 114 cm³/mol. The number of amides is 2. The zero-order chi connectivity index (χ0) is 20.5. The van der Waals surface area contributed by atoms with Crippen LogP contribution in [0.1, 0.15) is 36.9 Å². The van der Waals surface area contributed by atoms with Crippen LogP contribution >= 0.6 is 11.3 Å². The molecule has 0 radical (unpaired) electrons. The first-order chi connectivity index (χ1) is 13.9. The number of hydrogen-bond donors (Lipinski definition) is 2. The molecule has 8 heteroatoms. The van der Waals surface area contributed by atoms with Crippen molar-refractivity contribution in [3.8, 4) is 0 Å². The lowest BCUT2D eigenvalue weighted by atomic mass is 9.89. The third kappa shape index (κ3) is 3.93. The first kappa shape index (κ1) is 19.3. The molecular weight excluding hydrogens is 386 g/mol. The molecule has 7 nitrogen and oxygen atoms in total. The van der Waals surface area contributed by atoms with E-state index in [0.717, 1.165) is 34.2 Å². The fourth-order valence-corrected chi connectivity index (χ4v) is 4.50. The molecule has 1 aliphatic heterocycles. The molecule has 3 aromatic rings. The molecule has 4 rings (SSSR count). The Bertz CT molecular complexity index is 1080. The Morgan fingerprint density at radius 3 is 2.86 bits per heavy atom. The maximum atomic E-state index is 13.1. The fraction of sp³-hybridized carbons (Fsp3) is 0.333. The Morgan fingerprint density at radius 2 is 2.07 bits per heavy atom. The highest BCUT2D eigenvalue weighted by atomic mass is 32.1. The van der Waals surface area contributed by atoms with Gasteiger partial charge in [-0.25, -0.2) is 9.97 Å². The van der Waals surface area contributed by atoms with E-state index in [0.29, 0.717) is 24.0 Å². The lowest BCUT2D eigenvalue weighted by Gasteiger charge is -2.38. The minimum atomic E-state index is -0.658. The van der Waals surface area contributed by atoms with Gasteiger partial charge in [0, 0.05) is 6.54 Å². The number of likely N-dealkylation sites (tertiary alicyclic amines) is 1. The topological polar surface area (TPSA) is 101 Å². The average molecular weight is 410 g/mol. The molecule has 2 amide bonds. The number of fused-ring (bicyclic) bond motifs is 1. The van der Waals surface area contributed by atoms with Crippen LogP contribution < -0.4 is 11.1 Å². The monoisotopic (exact) mass is 409 g/mol. The number of benzene rings is 1. The van der Waals surface area contributed by atoms with Crippen LogP contribution in [0.4, 0.5) is 11.5 Å². The maximum absolute atomic E-state index is 13.1. The van der Waals surface area contributed by atoms with Crippen molar-refractivity contribution in [2.24, 2.45) is 5.92 Å². The molecule has 0 unspecified atom stereocenters. The third-order valence-electron chi connectivity index (χ3n) is 5.39. The van der Waals surface area contributed by atoms with Gasteiger partial charge in [0.1, 0.15) is 5.82 Å². The number of aryl methyl sites for hydroxylation is 1. The summed E-state index contributed by atoms with van der Waals surface area (Å²) in [5, 5.41) is 2.66. The highest BCUT2D eigenvalue weighted by molar-refractivity contribution is 7.16. The number of rotatable bonds is 2. The average Bonchev–Trinajstić information content (AvgIpc) is 3.18. The molecule has 0 spiro atoms. The van der Waals surface area contributed by atoms with E-state index < -0.39 is 11.8 Å². The molecule has 29 heavy (non-hydrogen) atoms. The summed E-state index contributed by atoms with van der Waals surface area (Å²) in [5.74, 6) is -0.442. The summed E-state index contributed by atoms with van der Waals surface area (Å²) in [4.78, 5) is 35.8. The van der Waals surface area contributed by atoms with Gasteiger partial charge in [-0.1, -0.05) is 13.0 Å². The van der Waals surface area contributed by atoms with Gasteiger partial charge in [-0.15, -0.1) is 11.3 Å². The van der Waals surface area contributed by atoms with Gasteiger partial charge in [-0.2, -0.15) is 0 Å². The Hall–Kier alpha value is -3.00. The van der Waals surface area contributed by atoms with E-state index in [-0.39, 0.29) is 6.04 Å². The molecular formula is C21H23N5O2S. The van der Waals surface area contributed by atoms with Crippen molar-refractivity contribution in [3.63, 3.8) is 0 Å². The molecule has 3 heterocycles. The summed E-state index contributed by atoms with van der Waals surface area (Å²) >= 11 is 1.58. The second kappa shape index (κ2) is 7.79. The molecule has 0 bridgehead atoms. The Labute approximate surface area is 173 Å². The number of pyridine rings is 1. The van der Waals surface area contributed by atoms with E-state index >= 15 is 0 Å². The van der Waals surface area contributed by atoms with Crippen LogP contribution in [0.2, 0.25) is 0 Å². The van der Waals surface area contributed by atoms with E-state index in [1.807, 2.05) is 17.6 Å². The van der Waals surface area contributed by atoms with Gasteiger partial charge in [0.05, 0.1) is 33.7 Å². The van der Waals surface area contributed by atoms with Gasteiger partial charge >= 0.3 is 11.8 Å². The summed E-state index contributed by atoms with van der Waals surface area (Å²) in [6, 6.07) is 7.65. The van der Waals surface area contributed by atoms with Crippen molar-refractivity contribution in [2.75, 3.05) is 17.6 Å². The number of carbonyl (C=O) groups excluding carboxylic acids is 2. The quantitative estimate of drug-likeness (QED) is 0.631. The zero-order valence-electron chi connectivity index (χ0n) is 16.4. The van der Waals surface area contributed by atoms with Crippen LogP contribution in [0.3, 0.4) is 0 Å². The van der Waals surface area contributed by atoms with Gasteiger partial charge in [0.25, 0.3) is 0 Å².